The third-order valence-corrected chi connectivity index (χ3v) is 6.55. The Morgan fingerprint density at radius 2 is 2.03 bits per heavy atom. The van der Waals surface area contributed by atoms with Gasteiger partial charge in [-0.1, -0.05) is 13.3 Å². The summed E-state index contributed by atoms with van der Waals surface area (Å²) >= 11 is 1.42. The second-order valence-corrected chi connectivity index (χ2v) is 8.21. The fourth-order valence-corrected chi connectivity index (χ4v) is 4.88. The topological polar surface area (TPSA) is 103 Å². The molecule has 1 unspecified atom stereocenters. The second kappa shape index (κ2) is 8.36. The van der Waals surface area contributed by atoms with E-state index >= 15 is 0 Å². The maximum atomic E-state index is 12.6. The number of aromatic hydroxyl groups is 1. The zero-order chi connectivity index (χ0) is 21.3. The van der Waals surface area contributed by atoms with Gasteiger partial charge in [0.2, 0.25) is 5.88 Å². The molecule has 0 saturated heterocycles. The molecule has 1 aliphatic carbocycles. The number of hydrogen-bond acceptors (Lipinski definition) is 7. The summed E-state index contributed by atoms with van der Waals surface area (Å²) in [6.07, 6.45) is 4.99. The average molecular weight is 420 g/mol. The third-order valence-electron chi connectivity index (χ3n) is 5.38. The van der Waals surface area contributed by atoms with Gasteiger partial charge in [0.25, 0.3) is 5.56 Å². The summed E-state index contributed by atoms with van der Waals surface area (Å²) in [4.78, 5) is 42.4. The van der Waals surface area contributed by atoms with E-state index in [4.69, 9.17) is 4.74 Å². The summed E-state index contributed by atoms with van der Waals surface area (Å²) in [5, 5.41) is 10.7. The van der Waals surface area contributed by atoms with Crippen LogP contribution in [0, 0.1) is 5.92 Å². The van der Waals surface area contributed by atoms with Crippen molar-refractivity contribution in [2.24, 2.45) is 25.0 Å². The minimum Gasteiger partial charge on any atom is -0.494 e. The van der Waals surface area contributed by atoms with Crippen LogP contribution >= 0.6 is 11.3 Å². The van der Waals surface area contributed by atoms with Crippen molar-refractivity contribution in [2.75, 3.05) is 6.61 Å². The smallest absolute Gasteiger partial charge is 0.341 e. The molecule has 0 fully saturated rings. The monoisotopic (exact) mass is 419 g/mol. The lowest BCUT2D eigenvalue weighted by Crippen LogP contribution is -2.38. The molecule has 0 spiro atoms. The van der Waals surface area contributed by atoms with E-state index in [2.05, 4.69) is 11.9 Å². The van der Waals surface area contributed by atoms with E-state index in [9.17, 15) is 19.5 Å². The molecule has 8 nitrogen and oxygen atoms in total. The number of aliphatic imine (C=N–C) groups is 1. The molecule has 0 aliphatic heterocycles. The number of carbonyl (C=O) groups is 1. The first kappa shape index (κ1) is 21.0. The first-order valence-electron chi connectivity index (χ1n) is 9.64. The highest BCUT2D eigenvalue weighted by atomic mass is 32.1. The Bertz CT molecular complexity index is 1090. The van der Waals surface area contributed by atoms with Gasteiger partial charge in [0.05, 0.1) is 12.2 Å². The van der Waals surface area contributed by atoms with Gasteiger partial charge in [0.15, 0.2) is 0 Å². The first-order valence-corrected chi connectivity index (χ1v) is 10.5. The van der Waals surface area contributed by atoms with Crippen molar-refractivity contribution in [3.05, 3.63) is 42.4 Å². The second-order valence-electron chi connectivity index (χ2n) is 7.12. The van der Waals surface area contributed by atoms with Crippen LogP contribution in [0.1, 0.15) is 53.1 Å². The average Bonchev–Trinajstić information content (AvgIpc) is 3.08. The first-order chi connectivity index (χ1) is 13.8. The van der Waals surface area contributed by atoms with Gasteiger partial charge in [0.1, 0.15) is 10.6 Å². The Labute approximate surface area is 172 Å². The summed E-state index contributed by atoms with van der Waals surface area (Å²) < 4.78 is 7.11. The summed E-state index contributed by atoms with van der Waals surface area (Å²) in [5.41, 5.74) is 0.0253. The van der Waals surface area contributed by atoms with Gasteiger partial charge >= 0.3 is 11.7 Å². The van der Waals surface area contributed by atoms with Crippen LogP contribution in [0.5, 0.6) is 5.88 Å². The lowest BCUT2D eigenvalue weighted by Gasteiger charge is -2.20. The van der Waals surface area contributed by atoms with E-state index in [1.807, 2.05) is 0 Å². The van der Waals surface area contributed by atoms with Crippen LogP contribution in [0.2, 0.25) is 0 Å². The Morgan fingerprint density at radius 3 is 2.69 bits per heavy atom. The normalized spacial score (nSPS) is 16.2. The van der Waals surface area contributed by atoms with Gasteiger partial charge in [-0.3, -0.25) is 13.9 Å². The largest absolute Gasteiger partial charge is 0.494 e. The van der Waals surface area contributed by atoms with Crippen LogP contribution < -0.4 is 11.2 Å². The number of fused-ring (bicyclic) bond motifs is 1. The number of nitrogens with zero attached hydrogens (tertiary/aromatic N) is 3. The number of ether oxygens (including phenoxy) is 1. The highest BCUT2D eigenvalue weighted by molar-refractivity contribution is 7.16. The zero-order valence-corrected chi connectivity index (χ0v) is 17.8. The molecule has 0 saturated carbocycles. The van der Waals surface area contributed by atoms with Crippen molar-refractivity contribution in [2.45, 2.75) is 39.5 Å². The van der Waals surface area contributed by atoms with Crippen LogP contribution in [-0.2, 0) is 31.7 Å². The highest BCUT2D eigenvalue weighted by Gasteiger charge is 2.29. The van der Waals surface area contributed by atoms with Crippen molar-refractivity contribution in [3.8, 4) is 5.88 Å². The number of esters is 1. The molecule has 156 valence electrons. The van der Waals surface area contributed by atoms with Crippen molar-refractivity contribution in [1.82, 2.24) is 9.13 Å². The quantitative estimate of drug-likeness (QED) is 0.592. The fourth-order valence-electron chi connectivity index (χ4n) is 3.59. The summed E-state index contributed by atoms with van der Waals surface area (Å²) in [6.45, 7) is 4.16. The third kappa shape index (κ3) is 3.78. The molecule has 1 N–H and O–H groups in total. The Morgan fingerprint density at radius 1 is 1.31 bits per heavy atom. The molecular weight excluding hydrogens is 394 g/mol. The minimum absolute atomic E-state index is 0.109. The zero-order valence-electron chi connectivity index (χ0n) is 17.0. The van der Waals surface area contributed by atoms with Crippen molar-refractivity contribution in [3.63, 3.8) is 0 Å². The maximum Gasteiger partial charge on any atom is 0.341 e. The molecule has 1 atom stereocenters. The van der Waals surface area contributed by atoms with Gasteiger partial charge < -0.3 is 9.84 Å². The molecule has 0 amide bonds. The number of rotatable bonds is 5. The van der Waals surface area contributed by atoms with Crippen molar-refractivity contribution >= 4 is 28.5 Å². The Kier molecular flexibility index (Phi) is 6.07. The molecular formula is C20H25N3O5S. The molecule has 9 heteroatoms. The lowest BCUT2D eigenvalue weighted by atomic mass is 9.86. The van der Waals surface area contributed by atoms with Crippen LogP contribution in [0.4, 0.5) is 5.00 Å². The van der Waals surface area contributed by atoms with E-state index in [1.165, 1.54) is 31.6 Å². The van der Waals surface area contributed by atoms with E-state index < -0.39 is 23.1 Å². The summed E-state index contributed by atoms with van der Waals surface area (Å²) in [7, 11) is 2.70. The van der Waals surface area contributed by atoms with Crippen molar-refractivity contribution in [1.29, 1.82) is 0 Å². The van der Waals surface area contributed by atoms with Crippen LogP contribution in [0.25, 0.3) is 0 Å². The van der Waals surface area contributed by atoms with Crippen LogP contribution in [0.3, 0.4) is 0 Å². The number of carbonyl (C=O) groups excluding carboxylic acids is 1. The van der Waals surface area contributed by atoms with Gasteiger partial charge in [-0.25, -0.2) is 14.6 Å². The number of thiophene rings is 1. The van der Waals surface area contributed by atoms with E-state index in [-0.39, 0.29) is 12.2 Å². The standard InChI is InChI=1S/C20H25N3O5S/c1-5-11-7-8-12-14(9-11)29-16(15(12)19(26)28-6-2)21-10-13-17(24)22(3)20(27)23(4)18(13)25/h10-11,24H,5-9H2,1-4H3/b21-10+. The predicted molar refractivity (Wildman–Crippen MR) is 112 cm³/mol. The van der Waals surface area contributed by atoms with E-state index in [1.54, 1.807) is 6.92 Å². The number of aromatic nitrogens is 2. The lowest BCUT2D eigenvalue weighted by molar-refractivity contribution is 0.0526. The molecule has 2 aromatic rings. The summed E-state index contributed by atoms with van der Waals surface area (Å²) in [6, 6.07) is 0. The maximum absolute atomic E-state index is 12.6. The molecule has 0 bridgehead atoms. The molecule has 0 aromatic carbocycles. The van der Waals surface area contributed by atoms with Gasteiger partial charge in [0, 0.05) is 25.2 Å². The van der Waals surface area contributed by atoms with E-state index in [0.29, 0.717) is 16.5 Å². The van der Waals surface area contributed by atoms with E-state index in [0.717, 1.165) is 45.3 Å². The Balaban J connectivity index is 2.11. The Hall–Kier alpha value is -2.68. The fraction of sp³-hybridized carbons (Fsp3) is 0.500. The van der Waals surface area contributed by atoms with Gasteiger partial charge in [-0.05, 0) is 37.7 Å². The van der Waals surface area contributed by atoms with Gasteiger partial charge in [-0.2, -0.15) is 0 Å². The van der Waals surface area contributed by atoms with Gasteiger partial charge in [-0.15, -0.1) is 11.3 Å². The molecule has 3 rings (SSSR count). The molecule has 1 aliphatic rings. The molecule has 2 heterocycles. The predicted octanol–water partition coefficient (Wildman–Crippen LogP) is 2.29. The molecule has 0 radical (unpaired) electrons. The molecule has 29 heavy (non-hydrogen) atoms. The highest BCUT2D eigenvalue weighted by Crippen LogP contribution is 2.42. The molecule has 2 aromatic heterocycles. The minimum atomic E-state index is -0.653. The van der Waals surface area contributed by atoms with Crippen LogP contribution in [0.15, 0.2) is 14.6 Å². The SMILES string of the molecule is CCOC(=O)c1c(/N=C/c2c(O)n(C)c(=O)n(C)c2=O)sc2c1CCC(CC)C2. The summed E-state index contributed by atoms with van der Waals surface area (Å²) in [5.74, 6) is -0.315. The number of hydrogen-bond donors (Lipinski definition) is 1. The van der Waals surface area contributed by atoms with Crippen molar-refractivity contribution < 1.29 is 14.6 Å². The van der Waals surface area contributed by atoms with Crippen LogP contribution in [-0.4, -0.2) is 33.0 Å².